The summed E-state index contributed by atoms with van der Waals surface area (Å²) < 4.78 is 5.34. The largest absolute Gasteiger partial charge is 0.401 e. The number of thiazole rings is 1. The molecule has 0 bridgehead atoms. The maximum Gasteiger partial charge on any atom is 0.322 e. The maximum atomic E-state index is 12.3. The molecule has 0 unspecified atom stereocenters. The average molecular weight is 369 g/mol. The molecule has 0 saturated heterocycles. The number of fused-ring (bicyclic) bond motifs is 1. The number of imide groups is 1. The molecule has 9 nitrogen and oxygen atoms in total. The molecule has 2 aromatic heterocycles. The Hall–Kier alpha value is -3.40. The van der Waals surface area contributed by atoms with Crippen molar-refractivity contribution in [2.75, 3.05) is 11.9 Å². The topological polar surface area (TPSA) is 118 Å². The minimum Gasteiger partial charge on any atom is -0.401 e. The Morgan fingerprint density at radius 3 is 2.50 bits per heavy atom. The van der Waals surface area contributed by atoms with E-state index in [1.807, 2.05) is 6.92 Å². The number of aromatic nitrogens is 3. The number of aryl methyl sites for hydroxylation is 1. The summed E-state index contributed by atoms with van der Waals surface area (Å²) in [6, 6.07) is 6.29. The van der Waals surface area contributed by atoms with Crippen LogP contribution >= 0.6 is 11.3 Å². The van der Waals surface area contributed by atoms with Gasteiger partial charge in [0.15, 0.2) is 0 Å². The van der Waals surface area contributed by atoms with Crippen molar-refractivity contribution in [1.29, 1.82) is 0 Å². The molecule has 3 amide bonds. The lowest BCUT2D eigenvalue weighted by atomic mass is 10.1. The summed E-state index contributed by atoms with van der Waals surface area (Å²) in [7, 11) is 0. The zero-order valence-electron chi connectivity index (χ0n) is 13.4. The van der Waals surface area contributed by atoms with Gasteiger partial charge in [-0.05, 0) is 19.1 Å². The van der Waals surface area contributed by atoms with Gasteiger partial charge in [-0.3, -0.25) is 24.6 Å². The van der Waals surface area contributed by atoms with Crippen LogP contribution in [-0.2, 0) is 4.79 Å². The molecule has 0 fully saturated rings. The molecule has 0 atom stereocenters. The second-order valence-corrected chi connectivity index (χ2v) is 6.52. The van der Waals surface area contributed by atoms with Crippen molar-refractivity contribution in [3.63, 3.8) is 0 Å². The van der Waals surface area contributed by atoms with E-state index in [2.05, 4.69) is 20.5 Å². The highest BCUT2D eigenvalue weighted by atomic mass is 32.1. The van der Waals surface area contributed by atoms with Gasteiger partial charge in [0.05, 0.1) is 16.1 Å². The molecule has 0 saturated carbocycles. The fourth-order valence-electron chi connectivity index (χ4n) is 2.52. The van der Waals surface area contributed by atoms with Crippen molar-refractivity contribution in [1.82, 2.24) is 20.1 Å². The fraction of sp³-hybridized carbons (Fsp3) is 0.125. The second-order valence-electron chi connectivity index (χ2n) is 5.45. The summed E-state index contributed by atoms with van der Waals surface area (Å²) in [6.07, 6.45) is 0. The van der Waals surface area contributed by atoms with Gasteiger partial charge in [-0.15, -0.1) is 16.4 Å². The van der Waals surface area contributed by atoms with Crippen LogP contribution in [0.3, 0.4) is 0 Å². The van der Waals surface area contributed by atoms with Crippen molar-refractivity contribution in [3.05, 3.63) is 45.8 Å². The first-order chi connectivity index (χ1) is 12.5. The SMILES string of the molecule is Cc1nc(-c2nnc(NC(=O)CN3C(=O)c4ccccc4C3=O)o2)cs1. The number of benzene rings is 1. The molecule has 0 radical (unpaired) electrons. The van der Waals surface area contributed by atoms with Gasteiger partial charge in [-0.2, -0.15) is 0 Å². The predicted molar refractivity (Wildman–Crippen MR) is 90.6 cm³/mol. The average Bonchev–Trinajstić information content (AvgIpc) is 3.32. The van der Waals surface area contributed by atoms with Gasteiger partial charge in [-0.25, -0.2) is 4.98 Å². The minimum absolute atomic E-state index is 0.132. The first kappa shape index (κ1) is 16.1. The lowest BCUT2D eigenvalue weighted by Gasteiger charge is -2.12. The van der Waals surface area contributed by atoms with Crippen LogP contribution in [0.15, 0.2) is 34.1 Å². The third-order valence-corrected chi connectivity index (χ3v) is 4.46. The van der Waals surface area contributed by atoms with Crippen LogP contribution in [0, 0.1) is 6.92 Å². The Morgan fingerprint density at radius 1 is 1.19 bits per heavy atom. The number of carbonyl (C=O) groups is 3. The molecule has 1 N–H and O–H groups in total. The van der Waals surface area contributed by atoms with Crippen molar-refractivity contribution < 1.29 is 18.8 Å². The molecule has 26 heavy (non-hydrogen) atoms. The second kappa shape index (κ2) is 6.15. The van der Waals surface area contributed by atoms with E-state index in [9.17, 15) is 14.4 Å². The van der Waals surface area contributed by atoms with Crippen molar-refractivity contribution >= 4 is 35.1 Å². The number of carbonyl (C=O) groups excluding carboxylic acids is 3. The van der Waals surface area contributed by atoms with Gasteiger partial charge >= 0.3 is 6.01 Å². The molecule has 3 aromatic rings. The predicted octanol–water partition coefficient (Wildman–Crippen LogP) is 1.74. The number of amides is 3. The first-order valence-corrected chi connectivity index (χ1v) is 8.42. The van der Waals surface area contributed by atoms with E-state index in [1.165, 1.54) is 11.3 Å². The van der Waals surface area contributed by atoms with E-state index >= 15 is 0 Å². The number of anilines is 1. The lowest BCUT2D eigenvalue weighted by molar-refractivity contribution is -0.116. The maximum absolute atomic E-state index is 12.3. The van der Waals surface area contributed by atoms with Gasteiger partial charge in [0.25, 0.3) is 17.7 Å². The van der Waals surface area contributed by atoms with Gasteiger partial charge in [0.1, 0.15) is 12.2 Å². The van der Waals surface area contributed by atoms with Crippen LogP contribution in [0.5, 0.6) is 0 Å². The number of rotatable bonds is 4. The van der Waals surface area contributed by atoms with E-state index in [1.54, 1.807) is 29.6 Å². The van der Waals surface area contributed by atoms with Gasteiger partial charge in [-0.1, -0.05) is 17.2 Å². The Kier molecular flexibility index (Phi) is 3.81. The summed E-state index contributed by atoms with van der Waals surface area (Å²) in [6.45, 7) is 1.40. The zero-order chi connectivity index (χ0) is 18.3. The first-order valence-electron chi connectivity index (χ1n) is 7.54. The molecule has 3 heterocycles. The minimum atomic E-state index is -0.621. The van der Waals surface area contributed by atoms with Crippen LogP contribution in [-0.4, -0.2) is 44.3 Å². The van der Waals surface area contributed by atoms with Crippen LogP contribution in [0.2, 0.25) is 0 Å². The number of hydrogen-bond donors (Lipinski definition) is 1. The molecular weight excluding hydrogens is 358 g/mol. The summed E-state index contributed by atoms with van der Waals surface area (Å²) >= 11 is 1.43. The third-order valence-electron chi connectivity index (χ3n) is 3.69. The van der Waals surface area contributed by atoms with Crippen LogP contribution in [0.4, 0.5) is 6.01 Å². The molecule has 4 rings (SSSR count). The van der Waals surface area contributed by atoms with E-state index in [0.717, 1.165) is 9.91 Å². The number of nitrogens with zero attached hydrogens (tertiary/aromatic N) is 4. The van der Waals surface area contributed by atoms with Crippen molar-refractivity contribution in [3.8, 4) is 11.6 Å². The molecule has 1 aromatic carbocycles. The summed E-state index contributed by atoms with van der Waals surface area (Å²) in [5.41, 5.74) is 1.08. The van der Waals surface area contributed by atoms with Crippen molar-refractivity contribution in [2.24, 2.45) is 0 Å². The smallest absolute Gasteiger partial charge is 0.322 e. The molecule has 0 aliphatic carbocycles. The highest BCUT2D eigenvalue weighted by Gasteiger charge is 2.36. The molecule has 130 valence electrons. The molecule has 1 aliphatic heterocycles. The van der Waals surface area contributed by atoms with Gasteiger partial charge < -0.3 is 4.42 Å². The summed E-state index contributed by atoms with van der Waals surface area (Å²) in [4.78, 5) is 41.8. The summed E-state index contributed by atoms with van der Waals surface area (Å²) in [5, 5.41) is 12.5. The quantitative estimate of drug-likeness (QED) is 0.696. The Balaban J connectivity index is 1.45. The lowest BCUT2D eigenvalue weighted by Crippen LogP contribution is -2.37. The third kappa shape index (κ3) is 2.75. The number of hydrogen-bond acceptors (Lipinski definition) is 8. The van der Waals surface area contributed by atoms with Crippen molar-refractivity contribution in [2.45, 2.75) is 6.92 Å². The van der Waals surface area contributed by atoms with Gasteiger partial charge in [0.2, 0.25) is 5.91 Å². The molecule has 1 aliphatic rings. The van der Waals surface area contributed by atoms with E-state index in [0.29, 0.717) is 5.69 Å². The number of nitrogens with one attached hydrogen (secondary N) is 1. The van der Waals surface area contributed by atoms with E-state index in [4.69, 9.17) is 4.42 Å². The van der Waals surface area contributed by atoms with E-state index < -0.39 is 24.3 Å². The monoisotopic (exact) mass is 369 g/mol. The Labute approximate surface area is 150 Å². The Morgan fingerprint density at radius 2 is 1.88 bits per heavy atom. The molecular formula is C16H11N5O4S. The Bertz CT molecular complexity index is 1010. The van der Waals surface area contributed by atoms with Crippen LogP contribution < -0.4 is 5.32 Å². The normalized spacial score (nSPS) is 13.2. The zero-order valence-corrected chi connectivity index (χ0v) is 14.2. The fourth-order valence-corrected chi connectivity index (χ4v) is 3.11. The van der Waals surface area contributed by atoms with E-state index in [-0.39, 0.29) is 23.0 Å². The standard InChI is InChI=1S/C16H11N5O4S/c1-8-17-11(7-26-8)13-19-20-16(25-13)18-12(22)6-21-14(23)9-4-2-3-5-10(9)15(21)24/h2-5,7H,6H2,1H3,(H,18,20,22). The molecule has 10 heteroatoms. The van der Waals surface area contributed by atoms with Crippen LogP contribution in [0.25, 0.3) is 11.6 Å². The highest BCUT2D eigenvalue weighted by molar-refractivity contribution is 7.09. The molecule has 0 spiro atoms. The highest BCUT2D eigenvalue weighted by Crippen LogP contribution is 2.23. The summed E-state index contributed by atoms with van der Waals surface area (Å²) in [5.74, 6) is -1.47. The van der Waals surface area contributed by atoms with Crippen LogP contribution in [0.1, 0.15) is 25.7 Å². The van der Waals surface area contributed by atoms with Gasteiger partial charge in [0, 0.05) is 5.38 Å².